The summed E-state index contributed by atoms with van der Waals surface area (Å²) in [5, 5.41) is 6.90. The second-order valence-electron chi connectivity index (χ2n) is 7.45. The fourth-order valence-corrected chi connectivity index (χ4v) is 3.72. The Kier molecular flexibility index (Phi) is 6.26. The van der Waals surface area contributed by atoms with Gasteiger partial charge in [-0.15, -0.1) is 0 Å². The summed E-state index contributed by atoms with van der Waals surface area (Å²) in [6, 6.07) is 12.7. The Labute approximate surface area is 180 Å². The minimum Gasteiger partial charge on any atom is -0.496 e. The van der Waals surface area contributed by atoms with Gasteiger partial charge in [-0.1, -0.05) is 23.4 Å². The second-order valence-corrected chi connectivity index (χ2v) is 7.45. The van der Waals surface area contributed by atoms with Gasteiger partial charge in [0.2, 0.25) is 5.91 Å². The van der Waals surface area contributed by atoms with Crippen LogP contribution >= 0.6 is 0 Å². The normalized spacial score (nSPS) is 16.0. The van der Waals surface area contributed by atoms with Crippen LogP contribution in [0.15, 0.2) is 59.4 Å². The average molecular weight is 420 g/mol. The monoisotopic (exact) mass is 420 g/mol. The fourth-order valence-electron chi connectivity index (χ4n) is 3.72. The number of nitrogens with one attached hydrogen (secondary N) is 1. The van der Waals surface area contributed by atoms with E-state index in [-0.39, 0.29) is 23.4 Å². The van der Waals surface area contributed by atoms with Crippen LogP contribution in [0.4, 0.5) is 0 Å². The third kappa shape index (κ3) is 4.74. The summed E-state index contributed by atoms with van der Waals surface area (Å²) in [5.41, 5.74) is 1.88. The predicted octanol–water partition coefficient (Wildman–Crippen LogP) is 2.91. The van der Waals surface area contributed by atoms with Crippen molar-refractivity contribution in [2.24, 2.45) is 5.92 Å². The van der Waals surface area contributed by atoms with E-state index in [1.165, 1.54) is 0 Å². The molecule has 0 spiro atoms. The van der Waals surface area contributed by atoms with Crippen molar-refractivity contribution in [2.45, 2.75) is 19.4 Å². The minimum absolute atomic E-state index is 0.0591. The highest BCUT2D eigenvalue weighted by Crippen LogP contribution is 2.30. The Hall–Kier alpha value is -3.68. The second kappa shape index (κ2) is 9.42. The van der Waals surface area contributed by atoms with Crippen LogP contribution in [0.25, 0.3) is 11.3 Å². The van der Waals surface area contributed by atoms with E-state index >= 15 is 0 Å². The van der Waals surface area contributed by atoms with Crippen molar-refractivity contribution in [3.63, 3.8) is 0 Å². The number of carbonyl (C=O) groups is 2. The number of piperidine rings is 1. The summed E-state index contributed by atoms with van der Waals surface area (Å²) in [5.74, 6) is 0.547. The first kappa shape index (κ1) is 20.6. The number of carbonyl (C=O) groups excluding carboxylic acids is 2. The number of hydrogen-bond donors (Lipinski definition) is 1. The molecular formula is C23H24N4O4. The molecule has 0 saturated carbocycles. The van der Waals surface area contributed by atoms with Crippen LogP contribution in [0.3, 0.4) is 0 Å². The summed E-state index contributed by atoms with van der Waals surface area (Å²) in [4.78, 5) is 31.3. The number of pyridine rings is 1. The Balaban J connectivity index is 1.40. The molecule has 1 aromatic carbocycles. The molecule has 2 aromatic heterocycles. The molecule has 1 fully saturated rings. The standard InChI is InChI=1S/C23H24N4O4/c1-30-20-9-3-2-8-18(20)21-12-19(26-31-21)23(29)27-11-5-7-17(15-27)22(28)25-14-16-6-4-10-24-13-16/h2-4,6,8-10,12-13,17H,5,7,11,14-15H2,1H3,(H,25,28)/t17-/m1/s1. The van der Waals surface area contributed by atoms with Gasteiger partial charge in [-0.2, -0.15) is 0 Å². The predicted molar refractivity (Wildman–Crippen MR) is 113 cm³/mol. The SMILES string of the molecule is COc1ccccc1-c1cc(C(=O)N2CCC[C@@H](C(=O)NCc3cccnc3)C2)no1. The van der Waals surface area contributed by atoms with Crippen molar-refractivity contribution in [3.05, 3.63) is 66.1 Å². The lowest BCUT2D eigenvalue weighted by atomic mass is 9.96. The van der Waals surface area contributed by atoms with Crippen LogP contribution in [0.5, 0.6) is 5.75 Å². The van der Waals surface area contributed by atoms with Crippen molar-refractivity contribution in [1.29, 1.82) is 0 Å². The van der Waals surface area contributed by atoms with Crippen molar-refractivity contribution in [3.8, 4) is 17.1 Å². The van der Waals surface area contributed by atoms with E-state index in [9.17, 15) is 9.59 Å². The van der Waals surface area contributed by atoms with Crippen LogP contribution in [-0.2, 0) is 11.3 Å². The molecule has 2 amide bonds. The number of rotatable bonds is 6. The van der Waals surface area contributed by atoms with E-state index in [0.29, 0.717) is 31.1 Å². The molecule has 0 aliphatic carbocycles. The molecule has 31 heavy (non-hydrogen) atoms. The van der Waals surface area contributed by atoms with Gasteiger partial charge in [-0.25, -0.2) is 0 Å². The van der Waals surface area contributed by atoms with Crippen LogP contribution in [0.2, 0.25) is 0 Å². The maximum Gasteiger partial charge on any atom is 0.276 e. The first-order chi connectivity index (χ1) is 15.2. The van der Waals surface area contributed by atoms with Crippen LogP contribution in [0.1, 0.15) is 28.9 Å². The quantitative estimate of drug-likeness (QED) is 0.659. The first-order valence-electron chi connectivity index (χ1n) is 10.2. The molecule has 8 nitrogen and oxygen atoms in total. The van der Waals surface area contributed by atoms with Gasteiger partial charge in [-0.3, -0.25) is 14.6 Å². The molecule has 8 heteroatoms. The highest BCUT2D eigenvalue weighted by molar-refractivity contribution is 5.94. The summed E-state index contributed by atoms with van der Waals surface area (Å²) < 4.78 is 10.8. The van der Waals surface area contributed by atoms with Crippen molar-refractivity contribution in [1.82, 2.24) is 20.4 Å². The smallest absolute Gasteiger partial charge is 0.276 e. The molecule has 0 bridgehead atoms. The van der Waals surface area contributed by atoms with Gasteiger partial charge < -0.3 is 19.5 Å². The topological polar surface area (TPSA) is 97.6 Å². The van der Waals surface area contributed by atoms with Crippen LogP contribution in [0, 0.1) is 5.92 Å². The Morgan fingerprint density at radius 3 is 2.94 bits per heavy atom. The Morgan fingerprint density at radius 2 is 2.13 bits per heavy atom. The molecule has 1 N–H and O–H groups in total. The van der Waals surface area contributed by atoms with Crippen molar-refractivity contribution in [2.75, 3.05) is 20.2 Å². The van der Waals surface area contributed by atoms with Gasteiger partial charge in [0, 0.05) is 38.1 Å². The van der Waals surface area contributed by atoms with Gasteiger partial charge >= 0.3 is 0 Å². The van der Waals surface area contributed by atoms with Crippen molar-refractivity contribution >= 4 is 11.8 Å². The number of ether oxygens (including phenoxy) is 1. The number of amides is 2. The van der Waals surface area contributed by atoms with Gasteiger partial charge in [0.25, 0.3) is 5.91 Å². The summed E-state index contributed by atoms with van der Waals surface area (Å²) in [6.45, 7) is 1.36. The number of hydrogen-bond acceptors (Lipinski definition) is 6. The van der Waals surface area contributed by atoms with Gasteiger partial charge in [0.1, 0.15) is 5.75 Å². The average Bonchev–Trinajstić information content (AvgIpc) is 3.33. The molecular weight excluding hydrogens is 396 g/mol. The number of nitrogens with zero attached hydrogens (tertiary/aromatic N) is 3. The molecule has 1 aliphatic heterocycles. The van der Waals surface area contributed by atoms with Crippen LogP contribution in [-0.4, -0.2) is 47.1 Å². The van der Waals surface area contributed by atoms with E-state index in [0.717, 1.165) is 24.0 Å². The lowest BCUT2D eigenvalue weighted by molar-refractivity contribution is -0.126. The molecule has 4 rings (SSSR count). The first-order valence-corrected chi connectivity index (χ1v) is 10.2. The lowest BCUT2D eigenvalue weighted by Gasteiger charge is -2.31. The molecule has 160 valence electrons. The Morgan fingerprint density at radius 1 is 1.26 bits per heavy atom. The summed E-state index contributed by atoms with van der Waals surface area (Å²) in [7, 11) is 1.58. The van der Waals surface area contributed by atoms with E-state index in [1.807, 2.05) is 36.4 Å². The molecule has 0 unspecified atom stereocenters. The summed E-state index contributed by atoms with van der Waals surface area (Å²) in [6.07, 6.45) is 4.92. The number of benzene rings is 1. The number of methoxy groups -OCH3 is 1. The largest absolute Gasteiger partial charge is 0.496 e. The summed E-state index contributed by atoms with van der Waals surface area (Å²) >= 11 is 0. The molecule has 3 aromatic rings. The van der Waals surface area contributed by atoms with E-state index in [2.05, 4.69) is 15.5 Å². The molecule has 3 heterocycles. The highest BCUT2D eigenvalue weighted by atomic mass is 16.5. The highest BCUT2D eigenvalue weighted by Gasteiger charge is 2.30. The van der Waals surface area contributed by atoms with Crippen molar-refractivity contribution < 1.29 is 18.8 Å². The Bertz CT molecular complexity index is 1050. The van der Waals surface area contributed by atoms with Gasteiger partial charge in [0.15, 0.2) is 11.5 Å². The lowest BCUT2D eigenvalue weighted by Crippen LogP contribution is -2.45. The maximum absolute atomic E-state index is 13.0. The molecule has 1 aliphatic rings. The van der Waals surface area contributed by atoms with E-state index in [1.54, 1.807) is 30.5 Å². The third-order valence-corrected chi connectivity index (χ3v) is 5.37. The molecule has 1 atom stereocenters. The van der Waals surface area contributed by atoms with E-state index < -0.39 is 0 Å². The number of likely N-dealkylation sites (tertiary alicyclic amines) is 1. The van der Waals surface area contributed by atoms with E-state index in [4.69, 9.17) is 9.26 Å². The number of para-hydroxylation sites is 1. The molecule has 1 saturated heterocycles. The van der Waals surface area contributed by atoms with Gasteiger partial charge in [-0.05, 0) is 36.6 Å². The van der Waals surface area contributed by atoms with Crippen LogP contribution < -0.4 is 10.1 Å². The van der Waals surface area contributed by atoms with Gasteiger partial charge in [0.05, 0.1) is 18.6 Å². The third-order valence-electron chi connectivity index (χ3n) is 5.37. The minimum atomic E-state index is -0.255. The fraction of sp³-hybridized carbons (Fsp3) is 0.304. The zero-order chi connectivity index (χ0) is 21.6. The zero-order valence-corrected chi connectivity index (χ0v) is 17.3. The number of aromatic nitrogens is 2. The zero-order valence-electron chi connectivity index (χ0n) is 17.3. The maximum atomic E-state index is 13.0. The molecule has 0 radical (unpaired) electrons.